The molecule has 5 nitrogen and oxygen atoms in total. The summed E-state index contributed by atoms with van der Waals surface area (Å²) in [5, 5.41) is 2.82. The Morgan fingerprint density at radius 3 is 2.50 bits per heavy atom. The highest BCUT2D eigenvalue weighted by Gasteiger charge is 2.09. The van der Waals surface area contributed by atoms with Crippen LogP contribution in [0.25, 0.3) is 0 Å². The maximum atomic E-state index is 11.7. The van der Waals surface area contributed by atoms with Gasteiger partial charge in [0.2, 0.25) is 0 Å². The van der Waals surface area contributed by atoms with Crippen molar-refractivity contribution >= 4 is 36.4 Å². The summed E-state index contributed by atoms with van der Waals surface area (Å²) in [7, 11) is 3.94. The summed E-state index contributed by atoms with van der Waals surface area (Å²) < 4.78 is 0. The van der Waals surface area contributed by atoms with Crippen LogP contribution in [0.1, 0.15) is 17.4 Å². The Hall–Kier alpha value is -1.04. The van der Waals surface area contributed by atoms with E-state index in [1.165, 1.54) is 6.20 Å². The number of aromatic nitrogens is 1. The highest BCUT2D eigenvalue weighted by Crippen LogP contribution is 2.00. The number of hydrogen-bond donors (Lipinski definition) is 2. The zero-order valence-corrected chi connectivity index (χ0v) is 12.3. The number of nitrogens with zero attached hydrogens (tertiary/aromatic N) is 2. The number of nitrogen functional groups attached to an aromatic ring is 1. The third-order valence-electron chi connectivity index (χ3n) is 2.46. The summed E-state index contributed by atoms with van der Waals surface area (Å²) in [5.74, 6) is -0.172. The number of carbonyl (C=O) groups excluding carboxylic acids is 1. The van der Waals surface area contributed by atoms with E-state index in [0.29, 0.717) is 17.9 Å². The van der Waals surface area contributed by atoms with Crippen LogP contribution in [0.5, 0.6) is 0 Å². The first-order valence-corrected chi connectivity index (χ1v) is 5.17. The lowest BCUT2D eigenvalue weighted by molar-refractivity contribution is 0.0939. The molecule has 0 saturated carbocycles. The van der Waals surface area contributed by atoms with Crippen LogP contribution in [0.4, 0.5) is 5.69 Å². The standard InChI is InChI=1S/C11H18N4O.2ClH/c1-8(15(2)3)6-14-11(16)10-5-4-9(12)7-13-10;;/h4-5,7-8H,6,12H2,1-3H3,(H,14,16);2*1H. The Kier molecular flexibility index (Phi) is 9.61. The summed E-state index contributed by atoms with van der Waals surface area (Å²) in [6, 6.07) is 3.57. The Balaban J connectivity index is 0. The molecular weight excluding hydrogens is 275 g/mol. The number of halogens is 2. The minimum absolute atomic E-state index is 0. The van der Waals surface area contributed by atoms with E-state index < -0.39 is 0 Å². The van der Waals surface area contributed by atoms with Crippen molar-refractivity contribution in [2.75, 3.05) is 26.4 Å². The van der Waals surface area contributed by atoms with E-state index in [2.05, 4.69) is 10.3 Å². The van der Waals surface area contributed by atoms with Gasteiger partial charge >= 0.3 is 0 Å². The lowest BCUT2D eigenvalue weighted by Crippen LogP contribution is -2.38. The molecule has 1 atom stereocenters. The van der Waals surface area contributed by atoms with Gasteiger partial charge in [-0.3, -0.25) is 4.79 Å². The van der Waals surface area contributed by atoms with Crippen LogP contribution in [0.3, 0.4) is 0 Å². The van der Waals surface area contributed by atoms with E-state index in [1.54, 1.807) is 12.1 Å². The van der Waals surface area contributed by atoms with Gasteiger partial charge in [0, 0.05) is 12.6 Å². The van der Waals surface area contributed by atoms with E-state index in [4.69, 9.17) is 5.73 Å². The predicted molar refractivity (Wildman–Crippen MR) is 78.6 cm³/mol. The molecule has 104 valence electrons. The van der Waals surface area contributed by atoms with Crippen molar-refractivity contribution in [1.82, 2.24) is 15.2 Å². The third kappa shape index (κ3) is 6.05. The van der Waals surface area contributed by atoms with Gasteiger partial charge in [0.15, 0.2) is 0 Å². The van der Waals surface area contributed by atoms with Crippen LogP contribution in [0, 0.1) is 0 Å². The maximum absolute atomic E-state index is 11.7. The summed E-state index contributed by atoms with van der Waals surface area (Å²) in [6.45, 7) is 2.63. The first-order chi connectivity index (χ1) is 7.50. The first-order valence-electron chi connectivity index (χ1n) is 5.17. The molecule has 0 radical (unpaired) electrons. The van der Waals surface area contributed by atoms with Crippen molar-refractivity contribution in [3.05, 3.63) is 24.0 Å². The zero-order valence-electron chi connectivity index (χ0n) is 10.7. The molecule has 0 aromatic carbocycles. The second-order valence-corrected chi connectivity index (χ2v) is 4.00. The van der Waals surface area contributed by atoms with E-state index in [-0.39, 0.29) is 36.8 Å². The van der Waals surface area contributed by atoms with Gasteiger partial charge in [0.25, 0.3) is 5.91 Å². The first kappa shape index (κ1) is 19.3. The Labute approximate surface area is 120 Å². The highest BCUT2D eigenvalue weighted by molar-refractivity contribution is 5.92. The minimum atomic E-state index is -0.172. The van der Waals surface area contributed by atoms with Crippen molar-refractivity contribution in [2.24, 2.45) is 0 Å². The SMILES string of the molecule is CC(CNC(=O)c1ccc(N)cn1)N(C)C.Cl.Cl. The summed E-state index contributed by atoms with van der Waals surface area (Å²) in [6.07, 6.45) is 1.48. The van der Waals surface area contributed by atoms with E-state index >= 15 is 0 Å². The molecule has 1 aromatic rings. The normalized spacial score (nSPS) is 11.1. The molecule has 0 aliphatic carbocycles. The molecule has 1 aromatic heterocycles. The largest absolute Gasteiger partial charge is 0.397 e. The molecule has 18 heavy (non-hydrogen) atoms. The molecule has 7 heteroatoms. The van der Waals surface area contributed by atoms with Gasteiger partial charge in [-0.15, -0.1) is 24.8 Å². The predicted octanol–water partition coefficient (Wildman–Crippen LogP) is 1.19. The number of anilines is 1. The minimum Gasteiger partial charge on any atom is -0.397 e. The third-order valence-corrected chi connectivity index (χ3v) is 2.46. The fraction of sp³-hybridized carbons (Fsp3) is 0.455. The Morgan fingerprint density at radius 1 is 1.44 bits per heavy atom. The molecular formula is C11H20Cl2N4O. The zero-order chi connectivity index (χ0) is 12.1. The fourth-order valence-corrected chi connectivity index (χ4v) is 1.05. The van der Waals surface area contributed by atoms with Gasteiger partial charge in [-0.1, -0.05) is 0 Å². The highest BCUT2D eigenvalue weighted by atomic mass is 35.5. The number of pyridine rings is 1. The monoisotopic (exact) mass is 294 g/mol. The number of likely N-dealkylation sites (N-methyl/N-ethyl adjacent to an activating group) is 1. The fourth-order valence-electron chi connectivity index (χ4n) is 1.05. The van der Waals surface area contributed by atoms with Crippen LogP contribution in [0.2, 0.25) is 0 Å². The van der Waals surface area contributed by atoms with Crippen LogP contribution < -0.4 is 11.1 Å². The summed E-state index contributed by atoms with van der Waals surface area (Å²) in [5.41, 5.74) is 6.43. The number of nitrogens with two attached hydrogens (primary N) is 1. The summed E-state index contributed by atoms with van der Waals surface area (Å²) in [4.78, 5) is 17.6. The molecule has 0 spiro atoms. The van der Waals surface area contributed by atoms with Crippen LogP contribution in [0.15, 0.2) is 18.3 Å². The smallest absolute Gasteiger partial charge is 0.269 e. The molecule has 3 N–H and O–H groups in total. The van der Waals surface area contributed by atoms with Crippen LogP contribution in [-0.2, 0) is 0 Å². The number of nitrogens with one attached hydrogen (secondary N) is 1. The van der Waals surface area contributed by atoms with Gasteiger partial charge in [0.1, 0.15) is 5.69 Å². The van der Waals surface area contributed by atoms with Gasteiger partial charge in [-0.25, -0.2) is 4.98 Å². The van der Waals surface area contributed by atoms with Crippen molar-refractivity contribution in [1.29, 1.82) is 0 Å². The molecule has 1 rings (SSSR count). The van der Waals surface area contributed by atoms with Gasteiger partial charge < -0.3 is 16.0 Å². The van der Waals surface area contributed by atoms with Crippen molar-refractivity contribution < 1.29 is 4.79 Å². The molecule has 0 aliphatic rings. The molecule has 0 bridgehead atoms. The number of carbonyl (C=O) groups is 1. The number of amides is 1. The van der Waals surface area contributed by atoms with E-state index in [1.807, 2.05) is 25.9 Å². The van der Waals surface area contributed by atoms with Crippen molar-refractivity contribution in [3.63, 3.8) is 0 Å². The molecule has 1 unspecified atom stereocenters. The second kappa shape index (κ2) is 8.97. The Morgan fingerprint density at radius 2 is 2.06 bits per heavy atom. The average molecular weight is 295 g/mol. The average Bonchev–Trinajstić information content (AvgIpc) is 2.26. The number of hydrogen-bond acceptors (Lipinski definition) is 4. The molecule has 0 aliphatic heterocycles. The lowest BCUT2D eigenvalue weighted by atomic mass is 10.3. The Bertz CT molecular complexity index is 357. The molecule has 1 amide bonds. The maximum Gasteiger partial charge on any atom is 0.269 e. The van der Waals surface area contributed by atoms with Crippen LogP contribution in [-0.4, -0.2) is 42.5 Å². The topological polar surface area (TPSA) is 71.2 Å². The van der Waals surface area contributed by atoms with E-state index in [9.17, 15) is 4.79 Å². The van der Waals surface area contributed by atoms with E-state index in [0.717, 1.165) is 0 Å². The van der Waals surface area contributed by atoms with Crippen molar-refractivity contribution in [3.8, 4) is 0 Å². The van der Waals surface area contributed by atoms with Crippen LogP contribution >= 0.6 is 24.8 Å². The van der Waals surface area contributed by atoms with Crippen molar-refractivity contribution in [2.45, 2.75) is 13.0 Å². The number of rotatable bonds is 4. The lowest BCUT2D eigenvalue weighted by Gasteiger charge is -2.19. The molecule has 1 heterocycles. The molecule has 0 saturated heterocycles. The quantitative estimate of drug-likeness (QED) is 0.875. The molecule has 0 fully saturated rings. The summed E-state index contributed by atoms with van der Waals surface area (Å²) >= 11 is 0. The van der Waals surface area contributed by atoms with Gasteiger partial charge in [-0.05, 0) is 33.2 Å². The second-order valence-electron chi connectivity index (χ2n) is 4.00. The van der Waals surface area contributed by atoms with Gasteiger partial charge in [0.05, 0.1) is 11.9 Å². The van der Waals surface area contributed by atoms with Gasteiger partial charge in [-0.2, -0.15) is 0 Å².